The van der Waals surface area contributed by atoms with Gasteiger partial charge in [-0.05, 0) is 5.56 Å². The van der Waals surface area contributed by atoms with Crippen molar-refractivity contribution in [1.29, 1.82) is 0 Å². The van der Waals surface area contributed by atoms with Crippen LogP contribution in [0.4, 0.5) is 0 Å². The summed E-state index contributed by atoms with van der Waals surface area (Å²) in [6.45, 7) is 0.620. The third-order valence-corrected chi connectivity index (χ3v) is 2.86. The highest BCUT2D eigenvalue weighted by Gasteiger charge is 2.19. The van der Waals surface area contributed by atoms with Gasteiger partial charge >= 0.3 is 5.97 Å². The lowest BCUT2D eigenvalue weighted by molar-refractivity contribution is -0.143. The van der Waals surface area contributed by atoms with Crippen LogP contribution in [0.3, 0.4) is 0 Å². The number of H-pyrrole nitrogens is 1. The molecule has 0 saturated carbocycles. The Hall–Kier alpha value is -1.56. The molecule has 0 aliphatic rings. The molecule has 116 valence electrons. The molecule has 1 aromatic carbocycles. The Morgan fingerprint density at radius 2 is 2.05 bits per heavy atom. The van der Waals surface area contributed by atoms with Gasteiger partial charge in [-0.25, -0.2) is 4.98 Å². The van der Waals surface area contributed by atoms with Gasteiger partial charge in [0.05, 0.1) is 13.4 Å². The van der Waals surface area contributed by atoms with E-state index < -0.39 is 0 Å². The summed E-state index contributed by atoms with van der Waals surface area (Å²) in [5.41, 5.74) is 2.02. The topological polar surface area (TPSA) is 67.0 Å². The van der Waals surface area contributed by atoms with E-state index in [0.29, 0.717) is 13.0 Å². The van der Waals surface area contributed by atoms with Crippen molar-refractivity contribution in [2.24, 2.45) is 0 Å². The van der Waals surface area contributed by atoms with Gasteiger partial charge in [0.2, 0.25) is 0 Å². The molecule has 0 aliphatic heterocycles. The Kier molecular flexibility index (Phi) is 9.45. The summed E-state index contributed by atoms with van der Waals surface area (Å²) in [5, 5.41) is 3.20. The Morgan fingerprint density at radius 3 is 2.62 bits per heavy atom. The maximum atomic E-state index is 11.7. The highest BCUT2D eigenvalue weighted by Crippen LogP contribution is 2.03. The van der Waals surface area contributed by atoms with Gasteiger partial charge < -0.3 is 9.72 Å². The Labute approximate surface area is 136 Å². The van der Waals surface area contributed by atoms with Gasteiger partial charge in [0.15, 0.2) is 0 Å². The summed E-state index contributed by atoms with van der Waals surface area (Å²) < 4.78 is 4.81. The standard InChI is InChI=1S/C14H17N3O2.2ClH/c1-19-14(18)13(7-12-9-15-10-17-12)16-8-11-5-3-2-4-6-11;;/h2-6,9-10,13,16H,7-8H2,1H3,(H,15,17);2*1H/t13-;;/m0../s1. The van der Waals surface area contributed by atoms with E-state index in [-0.39, 0.29) is 36.8 Å². The number of rotatable bonds is 6. The van der Waals surface area contributed by atoms with E-state index in [4.69, 9.17) is 4.74 Å². The molecule has 1 aromatic heterocycles. The second kappa shape index (κ2) is 10.2. The van der Waals surface area contributed by atoms with Crippen LogP contribution in [-0.4, -0.2) is 29.1 Å². The first kappa shape index (κ1) is 19.4. The highest BCUT2D eigenvalue weighted by molar-refractivity contribution is 5.85. The number of esters is 1. The molecule has 21 heavy (non-hydrogen) atoms. The summed E-state index contributed by atoms with van der Waals surface area (Å²) in [6.07, 6.45) is 3.83. The van der Waals surface area contributed by atoms with Crippen LogP contribution >= 0.6 is 24.8 Å². The van der Waals surface area contributed by atoms with Crippen LogP contribution < -0.4 is 5.32 Å². The predicted molar refractivity (Wildman–Crippen MR) is 85.9 cm³/mol. The number of hydrogen-bond acceptors (Lipinski definition) is 4. The number of ether oxygens (including phenoxy) is 1. The number of hydrogen-bond donors (Lipinski definition) is 2. The number of methoxy groups -OCH3 is 1. The molecule has 7 heteroatoms. The molecule has 0 aliphatic carbocycles. The zero-order valence-corrected chi connectivity index (χ0v) is 13.2. The summed E-state index contributed by atoms with van der Waals surface area (Å²) >= 11 is 0. The molecular weight excluding hydrogens is 313 g/mol. The molecule has 0 saturated heterocycles. The molecule has 5 nitrogen and oxygen atoms in total. The van der Waals surface area contributed by atoms with Gasteiger partial charge in [0.1, 0.15) is 6.04 Å². The average Bonchev–Trinajstić information content (AvgIpc) is 2.96. The van der Waals surface area contributed by atoms with Crippen LogP contribution in [0.25, 0.3) is 0 Å². The number of aromatic nitrogens is 2. The first-order chi connectivity index (χ1) is 9.29. The fourth-order valence-corrected chi connectivity index (χ4v) is 1.83. The summed E-state index contributed by atoms with van der Waals surface area (Å²) in [7, 11) is 1.40. The summed E-state index contributed by atoms with van der Waals surface area (Å²) in [4.78, 5) is 18.7. The number of carbonyl (C=O) groups is 1. The minimum atomic E-state index is -0.384. The fourth-order valence-electron chi connectivity index (χ4n) is 1.83. The van der Waals surface area contributed by atoms with E-state index in [1.54, 1.807) is 12.5 Å². The van der Waals surface area contributed by atoms with Crippen LogP contribution in [0.5, 0.6) is 0 Å². The third-order valence-electron chi connectivity index (χ3n) is 2.86. The first-order valence-electron chi connectivity index (χ1n) is 6.12. The number of aromatic amines is 1. The maximum Gasteiger partial charge on any atom is 0.323 e. The molecule has 2 rings (SSSR count). The third kappa shape index (κ3) is 6.16. The monoisotopic (exact) mass is 331 g/mol. The van der Waals surface area contributed by atoms with Crippen LogP contribution in [0.2, 0.25) is 0 Å². The van der Waals surface area contributed by atoms with Gasteiger partial charge in [0, 0.05) is 24.9 Å². The van der Waals surface area contributed by atoms with Gasteiger partial charge in [-0.1, -0.05) is 30.3 Å². The van der Waals surface area contributed by atoms with E-state index >= 15 is 0 Å². The second-order valence-electron chi connectivity index (χ2n) is 4.22. The number of halogens is 2. The Morgan fingerprint density at radius 1 is 1.33 bits per heavy atom. The van der Waals surface area contributed by atoms with Crippen molar-refractivity contribution in [2.45, 2.75) is 19.0 Å². The van der Waals surface area contributed by atoms with Crippen molar-refractivity contribution in [3.63, 3.8) is 0 Å². The smallest absolute Gasteiger partial charge is 0.323 e. The fraction of sp³-hybridized carbons (Fsp3) is 0.286. The Balaban J connectivity index is 0.00000200. The molecule has 2 aromatic rings. The summed E-state index contributed by atoms with van der Waals surface area (Å²) in [6, 6.07) is 9.55. The van der Waals surface area contributed by atoms with Gasteiger partial charge in [-0.15, -0.1) is 24.8 Å². The van der Waals surface area contributed by atoms with Crippen LogP contribution in [0.1, 0.15) is 11.3 Å². The molecular formula is C14H19Cl2N3O2. The molecule has 0 bridgehead atoms. The lowest BCUT2D eigenvalue weighted by Gasteiger charge is -2.15. The number of nitrogens with one attached hydrogen (secondary N) is 2. The molecule has 2 N–H and O–H groups in total. The molecule has 0 radical (unpaired) electrons. The lowest BCUT2D eigenvalue weighted by atomic mass is 10.1. The molecule has 1 atom stereocenters. The quantitative estimate of drug-likeness (QED) is 0.796. The van der Waals surface area contributed by atoms with E-state index in [2.05, 4.69) is 15.3 Å². The average molecular weight is 332 g/mol. The van der Waals surface area contributed by atoms with Gasteiger partial charge in [-0.3, -0.25) is 10.1 Å². The summed E-state index contributed by atoms with van der Waals surface area (Å²) in [5.74, 6) is -0.273. The van der Waals surface area contributed by atoms with Gasteiger partial charge in [0.25, 0.3) is 0 Å². The second-order valence-corrected chi connectivity index (χ2v) is 4.22. The largest absolute Gasteiger partial charge is 0.468 e. The van der Waals surface area contributed by atoms with E-state index in [9.17, 15) is 4.79 Å². The van der Waals surface area contributed by atoms with E-state index in [0.717, 1.165) is 11.3 Å². The Bertz CT molecular complexity index is 506. The van der Waals surface area contributed by atoms with Crippen molar-refractivity contribution in [3.8, 4) is 0 Å². The molecule has 0 unspecified atom stereocenters. The number of benzene rings is 1. The van der Waals surface area contributed by atoms with Crippen LogP contribution in [-0.2, 0) is 22.5 Å². The predicted octanol–water partition coefficient (Wildman–Crippen LogP) is 2.13. The minimum absolute atomic E-state index is 0. The molecule has 1 heterocycles. The zero-order valence-electron chi connectivity index (χ0n) is 11.6. The van der Waals surface area contributed by atoms with Crippen molar-refractivity contribution in [3.05, 3.63) is 54.1 Å². The lowest BCUT2D eigenvalue weighted by Crippen LogP contribution is -2.39. The SMILES string of the molecule is COC(=O)[C@H](Cc1cnc[nH]1)NCc1ccccc1.Cl.Cl. The van der Waals surface area contributed by atoms with Crippen LogP contribution in [0, 0.1) is 0 Å². The highest BCUT2D eigenvalue weighted by atomic mass is 35.5. The number of carbonyl (C=O) groups excluding carboxylic acids is 1. The van der Waals surface area contributed by atoms with Crippen molar-refractivity contribution in [2.75, 3.05) is 7.11 Å². The van der Waals surface area contributed by atoms with Crippen molar-refractivity contribution < 1.29 is 9.53 Å². The molecule has 0 fully saturated rings. The zero-order chi connectivity index (χ0) is 13.5. The number of imidazole rings is 1. The molecule has 0 spiro atoms. The van der Waals surface area contributed by atoms with E-state index in [1.165, 1.54) is 7.11 Å². The molecule has 0 amide bonds. The minimum Gasteiger partial charge on any atom is -0.468 e. The van der Waals surface area contributed by atoms with Crippen molar-refractivity contribution in [1.82, 2.24) is 15.3 Å². The van der Waals surface area contributed by atoms with Crippen LogP contribution in [0.15, 0.2) is 42.9 Å². The maximum absolute atomic E-state index is 11.7. The first-order valence-corrected chi connectivity index (χ1v) is 6.12. The van der Waals surface area contributed by atoms with E-state index in [1.807, 2.05) is 30.3 Å². The number of nitrogens with zero attached hydrogens (tertiary/aromatic N) is 1. The van der Waals surface area contributed by atoms with Crippen molar-refractivity contribution >= 4 is 30.8 Å². The normalized spacial score (nSPS) is 10.9. The van der Waals surface area contributed by atoms with Gasteiger partial charge in [-0.2, -0.15) is 0 Å².